The highest BCUT2D eigenvalue weighted by Crippen LogP contribution is 2.32. The summed E-state index contributed by atoms with van der Waals surface area (Å²) in [6.07, 6.45) is 0. The van der Waals surface area contributed by atoms with E-state index in [-0.39, 0.29) is 24.4 Å². The third-order valence-electron chi connectivity index (χ3n) is 4.69. The number of hydrogen-bond acceptors (Lipinski definition) is 9. The molecule has 0 bridgehead atoms. The second-order valence-electron chi connectivity index (χ2n) is 6.96. The monoisotopic (exact) mass is 460 g/mol. The first kappa shape index (κ1) is 25.4. The van der Waals surface area contributed by atoms with Crippen molar-refractivity contribution in [2.75, 3.05) is 32.2 Å². The van der Waals surface area contributed by atoms with Gasteiger partial charge in [0.05, 0.1) is 31.5 Å². The Morgan fingerprint density at radius 3 is 2.03 bits per heavy atom. The molecule has 10 heteroatoms. The Labute approximate surface area is 191 Å². The van der Waals surface area contributed by atoms with Crippen molar-refractivity contribution in [2.45, 2.75) is 27.7 Å². The number of carbonyl (C=O) groups excluding carboxylic acids is 4. The van der Waals surface area contributed by atoms with E-state index in [0.29, 0.717) is 22.8 Å². The van der Waals surface area contributed by atoms with Crippen LogP contribution in [-0.2, 0) is 33.4 Å². The Bertz CT molecular complexity index is 956. The first-order chi connectivity index (χ1) is 15.7. The smallest absolute Gasteiger partial charge is 0.337 e. The number of ether oxygens (including phenoxy) is 4. The summed E-state index contributed by atoms with van der Waals surface area (Å²) < 4.78 is 20.4. The molecule has 1 heterocycles. The molecule has 1 aliphatic heterocycles. The Balaban J connectivity index is 2.24. The maximum absolute atomic E-state index is 13.1. The molecule has 0 saturated heterocycles. The van der Waals surface area contributed by atoms with Crippen molar-refractivity contribution >= 4 is 29.5 Å². The summed E-state index contributed by atoms with van der Waals surface area (Å²) in [6, 6.07) is 6.64. The third kappa shape index (κ3) is 6.34. The van der Waals surface area contributed by atoms with E-state index >= 15 is 0 Å². The summed E-state index contributed by atoms with van der Waals surface area (Å²) >= 11 is 0. The molecule has 2 rings (SSSR count). The van der Waals surface area contributed by atoms with E-state index in [1.807, 2.05) is 0 Å². The van der Waals surface area contributed by atoms with Crippen molar-refractivity contribution in [3.05, 3.63) is 46.8 Å². The number of rotatable bonds is 9. The van der Waals surface area contributed by atoms with Crippen LogP contribution >= 0.6 is 0 Å². The van der Waals surface area contributed by atoms with Gasteiger partial charge in [-0.3, -0.25) is 9.59 Å². The molecule has 0 fully saturated rings. The fourth-order valence-electron chi connectivity index (χ4n) is 3.31. The van der Waals surface area contributed by atoms with E-state index in [2.05, 4.69) is 10.6 Å². The lowest BCUT2D eigenvalue weighted by molar-refractivity contribution is -0.153. The zero-order valence-electron chi connectivity index (χ0n) is 19.3. The standard InChI is InChI=1S/C23H28N2O8/c1-6-31-21(27)18-13(3)24-14(4)19(22(28)32-7-2)20(18)23(29)33-12-17(26)25-15-9-8-10-16(11-15)30-5/h8-11,20,24H,6-7,12H2,1-5H3,(H,25,26). The maximum Gasteiger partial charge on any atom is 0.337 e. The molecule has 0 radical (unpaired) electrons. The number of esters is 3. The van der Waals surface area contributed by atoms with E-state index in [4.69, 9.17) is 18.9 Å². The van der Waals surface area contributed by atoms with Crippen LogP contribution in [0.25, 0.3) is 0 Å². The normalized spacial score (nSPS) is 13.7. The molecule has 10 nitrogen and oxygen atoms in total. The largest absolute Gasteiger partial charge is 0.497 e. The highest BCUT2D eigenvalue weighted by molar-refractivity contribution is 6.06. The number of benzene rings is 1. The van der Waals surface area contributed by atoms with Gasteiger partial charge in [0, 0.05) is 23.1 Å². The molecule has 33 heavy (non-hydrogen) atoms. The molecule has 178 valence electrons. The van der Waals surface area contributed by atoms with Crippen molar-refractivity contribution in [3.8, 4) is 5.75 Å². The van der Waals surface area contributed by atoms with Crippen LogP contribution in [0.2, 0.25) is 0 Å². The molecule has 2 N–H and O–H groups in total. The van der Waals surface area contributed by atoms with Gasteiger partial charge in [0.2, 0.25) is 0 Å². The first-order valence-electron chi connectivity index (χ1n) is 10.4. The lowest BCUT2D eigenvalue weighted by atomic mass is 9.85. The van der Waals surface area contributed by atoms with Crippen molar-refractivity contribution < 1.29 is 38.1 Å². The Hall–Kier alpha value is -3.82. The number of hydrogen-bond donors (Lipinski definition) is 2. The minimum Gasteiger partial charge on any atom is -0.497 e. The molecule has 1 aromatic rings. The van der Waals surface area contributed by atoms with Crippen LogP contribution in [0.3, 0.4) is 0 Å². The molecule has 0 aromatic heterocycles. The minimum absolute atomic E-state index is 0.0672. The van der Waals surface area contributed by atoms with E-state index < -0.39 is 36.3 Å². The highest BCUT2D eigenvalue weighted by Gasteiger charge is 2.42. The molecule has 0 unspecified atom stereocenters. The SMILES string of the molecule is CCOC(=O)C1=C(C)NC(C)=C(C(=O)OCC)C1C(=O)OCC(=O)Nc1cccc(OC)c1. The quantitative estimate of drug-likeness (QED) is 0.420. The maximum atomic E-state index is 13.1. The number of allylic oxidation sites excluding steroid dienone is 2. The van der Waals surface area contributed by atoms with Crippen molar-refractivity contribution in [1.29, 1.82) is 0 Å². The fourth-order valence-corrected chi connectivity index (χ4v) is 3.31. The fraction of sp³-hybridized carbons (Fsp3) is 0.391. The van der Waals surface area contributed by atoms with Crippen molar-refractivity contribution in [3.63, 3.8) is 0 Å². The minimum atomic E-state index is -1.41. The van der Waals surface area contributed by atoms with Gasteiger partial charge in [0.1, 0.15) is 11.7 Å². The van der Waals surface area contributed by atoms with Crippen LogP contribution in [0.1, 0.15) is 27.7 Å². The van der Waals surface area contributed by atoms with Gasteiger partial charge in [-0.1, -0.05) is 6.07 Å². The number of methoxy groups -OCH3 is 1. The predicted octanol–water partition coefficient (Wildman–Crippen LogP) is 2.07. The van der Waals surface area contributed by atoms with Crippen LogP contribution in [0.15, 0.2) is 46.8 Å². The van der Waals surface area contributed by atoms with E-state index in [1.54, 1.807) is 52.0 Å². The van der Waals surface area contributed by atoms with Crippen LogP contribution in [0.4, 0.5) is 5.69 Å². The van der Waals surface area contributed by atoms with Crippen LogP contribution in [0, 0.1) is 5.92 Å². The molecular formula is C23H28N2O8. The van der Waals surface area contributed by atoms with Gasteiger partial charge in [-0.15, -0.1) is 0 Å². The summed E-state index contributed by atoms with van der Waals surface area (Å²) in [7, 11) is 1.50. The number of amides is 1. The van der Waals surface area contributed by atoms with Gasteiger partial charge in [-0.05, 0) is 39.8 Å². The molecular weight excluding hydrogens is 432 g/mol. The van der Waals surface area contributed by atoms with Crippen LogP contribution in [-0.4, -0.2) is 50.7 Å². The summed E-state index contributed by atoms with van der Waals surface area (Å²) in [6.45, 7) is 5.89. The van der Waals surface area contributed by atoms with Gasteiger partial charge in [-0.2, -0.15) is 0 Å². The van der Waals surface area contributed by atoms with Gasteiger partial charge in [0.15, 0.2) is 6.61 Å². The highest BCUT2D eigenvalue weighted by atomic mass is 16.5. The Kier molecular flexibility index (Phi) is 9.02. The van der Waals surface area contributed by atoms with Crippen molar-refractivity contribution in [1.82, 2.24) is 5.32 Å². The van der Waals surface area contributed by atoms with Gasteiger partial charge in [0.25, 0.3) is 5.91 Å². The Morgan fingerprint density at radius 2 is 1.52 bits per heavy atom. The van der Waals surface area contributed by atoms with Gasteiger partial charge in [-0.25, -0.2) is 9.59 Å². The molecule has 1 aliphatic rings. The molecule has 0 spiro atoms. The molecule has 0 atom stereocenters. The number of carbonyl (C=O) groups is 4. The summed E-state index contributed by atoms with van der Waals surface area (Å²) in [5.41, 5.74) is 0.958. The lowest BCUT2D eigenvalue weighted by Gasteiger charge is -2.28. The molecule has 1 aromatic carbocycles. The zero-order chi connectivity index (χ0) is 24.5. The summed E-state index contributed by atoms with van der Waals surface area (Å²) in [5, 5.41) is 5.50. The van der Waals surface area contributed by atoms with Gasteiger partial charge >= 0.3 is 17.9 Å². The second-order valence-corrected chi connectivity index (χ2v) is 6.96. The number of anilines is 1. The van der Waals surface area contributed by atoms with E-state index in [0.717, 1.165) is 0 Å². The van der Waals surface area contributed by atoms with Crippen molar-refractivity contribution in [2.24, 2.45) is 5.92 Å². The van der Waals surface area contributed by atoms with E-state index in [1.165, 1.54) is 7.11 Å². The molecule has 0 aliphatic carbocycles. The first-order valence-corrected chi connectivity index (χ1v) is 10.4. The number of nitrogens with one attached hydrogen (secondary N) is 2. The predicted molar refractivity (Wildman–Crippen MR) is 118 cm³/mol. The summed E-state index contributed by atoms with van der Waals surface area (Å²) in [4.78, 5) is 50.6. The Morgan fingerprint density at radius 1 is 0.939 bits per heavy atom. The topological polar surface area (TPSA) is 129 Å². The average molecular weight is 460 g/mol. The van der Waals surface area contributed by atoms with Crippen LogP contribution < -0.4 is 15.4 Å². The van der Waals surface area contributed by atoms with E-state index in [9.17, 15) is 19.2 Å². The molecule has 0 saturated carbocycles. The average Bonchev–Trinajstić information content (AvgIpc) is 2.77. The second kappa shape index (κ2) is 11.7. The lowest BCUT2D eigenvalue weighted by Crippen LogP contribution is -2.39. The van der Waals surface area contributed by atoms with Crippen LogP contribution in [0.5, 0.6) is 5.75 Å². The third-order valence-corrected chi connectivity index (χ3v) is 4.69. The molecule has 1 amide bonds. The van der Waals surface area contributed by atoms with Gasteiger partial charge < -0.3 is 29.6 Å². The zero-order valence-corrected chi connectivity index (χ0v) is 19.3. The number of dihydropyridines is 1. The summed E-state index contributed by atoms with van der Waals surface area (Å²) in [5.74, 6) is -3.99.